The Labute approximate surface area is 114 Å². The van der Waals surface area contributed by atoms with Gasteiger partial charge in [-0.25, -0.2) is 8.42 Å². The lowest BCUT2D eigenvalue weighted by molar-refractivity contribution is 0.207. The lowest BCUT2D eigenvalue weighted by Crippen LogP contribution is -2.48. The van der Waals surface area contributed by atoms with Crippen LogP contribution in [0.2, 0.25) is 0 Å². The van der Waals surface area contributed by atoms with Gasteiger partial charge in [0, 0.05) is 25.2 Å². The molecule has 6 heteroatoms. The van der Waals surface area contributed by atoms with Gasteiger partial charge in [0.05, 0.1) is 17.6 Å². The minimum atomic E-state index is -2.81. The third kappa shape index (κ3) is 2.93. The maximum Gasteiger partial charge on any atom is 0.152 e. The quantitative estimate of drug-likeness (QED) is 0.805. The molecule has 1 aliphatic heterocycles. The molecule has 106 valence electrons. The molecule has 0 amide bonds. The van der Waals surface area contributed by atoms with Crippen molar-refractivity contribution in [2.75, 3.05) is 24.6 Å². The number of sulfone groups is 1. The molecule has 0 spiro atoms. The van der Waals surface area contributed by atoms with Crippen molar-refractivity contribution in [3.05, 3.63) is 0 Å². The first-order valence-corrected chi connectivity index (χ1v) is 8.98. The first-order valence-electron chi connectivity index (χ1n) is 7.15. The van der Waals surface area contributed by atoms with E-state index in [0.29, 0.717) is 25.2 Å². The maximum absolute atomic E-state index is 11.5. The van der Waals surface area contributed by atoms with E-state index in [2.05, 4.69) is 16.3 Å². The Hall–Kier alpha value is -0.640. The van der Waals surface area contributed by atoms with Crippen LogP contribution in [0.25, 0.3) is 0 Å². The van der Waals surface area contributed by atoms with Gasteiger partial charge in [-0.3, -0.25) is 10.2 Å². The van der Waals surface area contributed by atoms with Gasteiger partial charge in [0.25, 0.3) is 0 Å². The van der Waals surface area contributed by atoms with E-state index in [4.69, 9.17) is 0 Å². The zero-order valence-corrected chi connectivity index (χ0v) is 12.0. The molecule has 1 N–H and O–H groups in total. The Morgan fingerprint density at radius 2 is 1.89 bits per heavy atom. The zero-order valence-electron chi connectivity index (χ0n) is 11.1. The number of nitriles is 1. The molecule has 0 radical (unpaired) electrons. The van der Waals surface area contributed by atoms with E-state index in [1.54, 1.807) is 0 Å². The number of hydrogen-bond acceptors (Lipinski definition) is 5. The number of nitrogens with one attached hydrogen (secondary N) is 1. The molecule has 3 rings (SSSR count). The largest absolute Gasteiger partial charge is 0.298 e. The van der Waals surface area contributed by atoms with E-state index in [1.807, 2.05) is 0 Å². The number of nitrogens with zero attached hydrogens (tertiary/aromatic N) is 2. The van der Waals surface area contributed by atoms with E-state index < -0.39 is 9.84 Å². The van der Waals surface area contributed by atoms with Gasteiger partial charge < -0.3 is 0 Å². The van der Waals surface area contributed by atoms with E-state index in [0.717, 1.165) is 19.3 Å². The van der Waals surface area contributed by atoms with Crippen LogP contribution in [0, 0.1) is 11.3 Å². The smallest absolute Gasteiger partial charge is 0.152 e. The van der Waals surface area contributed by atoms with Crippen LogP contribution in [-0.4, -0.2) is 55.5 Å². The van der Waals surface area contributed by atoms with Crippen molar-refractivity contribution in [3.8, 4) is 6.07 Å². The monoisotopic (exact) mass is 283 g/mol. The van der Waals surface area contributed by atoms with E-state index in [1.165, 1.54) is 12.8 Å². The molecule has 2 aliphatic carbocycles. The molecule has 0 bridgehead atoms. The van der Waals surface area contributed by atoms with Crippen molar-refractivity contribution in [2.45, 2.75) is 49.7 Å². The van der Waals surface area contributed by atoms with Crippen LogP contribution in [0.15, 0.2) is 0 Å². The fraction of sp³-hybridized carbons (Fsp3) is 0.923. The molecule has 0 aromatic carbocycles. The van der Waals surface area contributed by atoms with Crippen LogP contribution in [0.5, 0.6) is 0 Å². The summed E-state index contributed by atoms with van der Waals surface area (Å²) in [4.78, 5) is 2.27. The first kappa shape index (κ1) is 13.3. The predicted octanol–water partition coefficient (Wildman–Crippen LogP) is 0.284. The topological polar surface area (TPSA) is 73.2 Å². The summed E-state index contributed by atoms with van der Waals surface area (Å²) in [6.07, 6.45) is 5.13. The molecular formula is C13H21N3O2S. The summed E-state index contributed by atoms with van der Waals surface area (Å²) in [7, 11) is -2.81. The molecule has 2 saturated carbocycles. The summed E-state index contributed by atoms with van der Waals surface area (Å²) in [6.45, 7) is 1.27. The molecule has 3 fully saturated rings. The highest BCUT2D eigenvalue weighted by Gasteiger charge is 2.45. The highest BCUT2D eigenvalue weighted by Crippen LogP contribution is 2.36. The van der Waals surface area contributed by atoms with E-state index in [-0.39, 0.29) is 17.0 Å². The van der Waals surface area contributed by atoms with Crippen molar-refractivity contribution in [1.82, 2.24) is 10.2 Å². The fourth-order valence-corrected chi connectivity index (χ4v) is 4.54. The molecule has 3 aliphatic rings. The van der Waals surface area contributed by atoms with Gasteiger partial charge in [-0.2, -0.15) is 5.26 Å². The standard InChI is InChI=1S/C13H21N3O2S/c14-10-13(15-11-1-2-11)4-3-12(9-13)16-5-7-19(17,18)8-6-16/h11-12,15H,1-9H2. The second-order valence-corrected chi connectivity index (χ2v) is 8.50. The molecule has 1 heterocycles. The van der Waals surface area contributed by atoms with Crippen LogP contribution in [0.4, 0.5) is 0 Å². The average molecular weight is 283 g/mol. The Bertz CT molecular complexity index is 481. The Morgan fingerprint density at radius 3 is 2.47 bits per heavy atom. The van der Waals surface area contributed by atoms with Crippen molar-refractivity contribution in [1.29, 1.82) is 5.26 Å². The van der Waals surface area contributed by atoms with Crippen molar-refractivity contribution >= 4 is 9.84 Å². The average Bonchev–Trinajstić information content (AvgIpc) is 3.08. The van der Waals surface area contributed by atoms with Gasteiger partial charge in [-0.1, -0.05) is 0 Å². The normalized spacial score (nSPS) is 39.0. The molecule has 19 heavy (non-hydrogen) atoms. The number of rotatable bonds is 3. The predicted molar refractivity (Wildman–Crippen MR) is 72.4 cm³/mol. The molecule has 0 aromatic heterocycles. The van der Waals surface area contributed by atoms with Crippen LogP contribution < -0.4 is 5.32 Å². The second kappa shape index (κ2) is 4.72. The maximum atomic E-state index is 11.5. The molecular weight excluding hydrogens is 262 g/mol. The second-order valence-electron chi connectivity index (χ2n) is 6.20. The Kier molecular flexibility index (Phi) is 3.32. The summed E-state index contributed by atoms with van der Waals surface area (Å²) in [5.74, 6) is 0.554. The van der Waals surface area contributed by atoms with Crippen LogP contribution >= 0.6 is 0 Å². The molecule has 2 atom stereocenters. The summed E-state index contributed by atoms with van der Waals surface area (Å²) in [6, 6.07) is 3.40. The van der Waals surface area contributed by atoms with Gasteiger partial charge in [0.15, 0.2) is 9.84 Å². The first-order chi connectivity index (χ1) is 9.02. The Balaban J connectivity index is 1.60. The molecule has 1 saturated heterocycles. The highest BCUT2D eigenvalue weighted by atomic mass is 32.2. The summed E-state index contributed by atoms with van der Waals surface area (Å²) >= 11 is 0. The van der Waals surface area contributed by atoms with Crippen LogP contribution in [-0.2, 0) is 9.84 Å². The van der Waals surface area contributed by atoms with Crippen molar-refractivity contribution < 1.29 is 8.42 Å². The highest BCUT2D eigenvalue weighted by molar-refractivity contribution is 7.91. The van der Waals surface area contributed by atoms with Crippen LogP contribution in [0.1, 0.15) is 32.1 Å². The van der Waals surface area contributed by atoms with Gasteiger partial charge in [-0.15, -0.1) is 0 Å². The zero-order chi connectivity index (χ0) is 13.5. The molecule has 0 aromatic rings. The minimum absolute atomic E-state index is 0.277. The van der Waals surface area contributed by atoms with Crippen molar-refractivity contribution in [3.63, 3.8) is 0 Å². The summed E-state index contributed by atoms with van der Waals surface area (Å²) < 4.78 is 22.9. The van der Waals surface area contributed by atoms with Crippen LogP contribution in [0.3, 0.4) is 0 Å². The van der Waals surface area contributed by atoms with Gasteiger partial charge in [-0.05, 0) is 32.1 Å². The fourth-order valence-electron chi connectivity index (χ4n) is 3.31. The van der Waals surface area contributed by atoms with Crippen molar-refractivity contribution in [2.24, 2.45) is 0 Å². The van der Waals surface area contributed by atoms with E-state index >= 15 is 0 Å². The summed E-state index contributed by atoms with van der Waals surface area (Å²) in [5, 5.41) is 13.0. The third-order valence-corrected chi connectivity index (χ3v) is 6.26. The molecule has 2 unspecified atom stereocenters. The minimum Gasteiger partial charge on any atom is -0.298 e. The molecule has 5 nitrogen and oxygen atoms in total. The van der Waals surface area contributed by atoms with Gasteiger partial charge in [0.1, 0.15) is 5.54 Å². The van der Waals surface area contributed by atoms with E-state index in [9.17, 15) is 13.7 Å². The Morgan fingerprint density at radius 1 is 1.21 bits per heavy atom. The van der Waals surface area contributed by atoms with Gasteiger partial charge >= 0.3 is 0 Å². The lowest BCUT2D eigenvalue weighted by atomic mass is 9.99. The third-order valence-electron chi connectivity index (χ3n) is 4.66. The van der Waals surface area contributed by atoms with Gasteiger partial charge in [0.2, 0.25) is 0 Å². The SMILES string of the molecule is N#CC1(NC2CC2)CCC(N2CCS(=O)(=O)CC2)C1. The lowest BCUT2D eigenvalue weighted by Gasteiger charge is -2.33. The summed E-state index contributed by atoms with van der Waals surface area (Å²) in [5.41, 5.74) is -0.359. The number of hydrogen-bond donors (Lipinski definition) is 1.